The molecule has 0 aliphatic heterocycles. The van der Waals surface area contributed by atoms with Crippen LogP contribution in [0.1, 0.15) is 23.1 Å². The molecule has 194 valence electrons. The minimum Gasteiger partial charge on any atom is -0.490 e. The fourth-order valence-corrected chi connectivity index (χ4v) is 5.52. The quantitative estimate of drug-likeness (QED) is 0.194. The van der Waals surface area contributed by atoms with Gasteiger partial charge in [-0.1, -0.05) is 36.4 Å². The van der Waals surface area contributed by atoms with Crippen molar-refractivity contribution in [1.82, 2.24) is 4.72 Å². The average molecular weight is 535 g/mol. The number of nitrogens with one attached hydrogen (secondary N) is 1. The van der Waals surface area contributed by atoms with E-state index in [9.17, 15) is 16.8 Å². The summed E-state index contributed by atoms with van der Waals surface area (Å²) in [6.07, 6.45) is 0.994. The second-order valence-electron chi connectivity index (χ2n) is 8.11. The summed E-state index contributed by atoms with van der Waals surface area (Å²) in [6, 6.07) is 17.5. The Labute approximate surface area is 212 Å². The average Bonchev–Trinajstić information content (AvgIpc) is 2.84. The standard InChI is InChI=1S/C25H30N2O7S2/c1-19-11-12-24(25(17-19)32-15-6-16-33-26)34-36(30,31)23-10-5-9-22(18-23)35(28,29)27-14-13-21-8-4-3-7-20(21)2/h3-5,7-12,17-18,27H,6,13-16,26H2,1-2H3. The van der Waals surface area contributed by atoms with E-state index in [0.29, 0.717) is 12.8 Å². The van der Waals surface area contributed by atoms with Crippen molar-refractivity contribution in [3.05, 3.63) is 83.4 Å². The number of hydrogen-bond donors (Lipinski definition) is 2. The van der Waals surface area contributed by atoms with Crippen molar-refractivity contribution in [2.24, 2.45) is 5.90 Å². The van der Waals surface area contributed by atoms with Crippen LogP contribution >= 0.6 is 0 Å². The zero-order chi connectivity index (χ0) is 26.2. The zero-order valence-electron chi connectivity index (χ0n) is 20.1. The van der Waals surface area contributed by atoms with Crippen LogP contribution in [0.25, 0.3) is 0 Å². The second kappa shape index (κ2) is 12.3. The lowest BCUT2D eigenvalue weighted by molar-refractivity contribution is 0.122. The van der Waals surface area contributed by atoms with E-state index in [-0.39, 0.29) is 41.0 Å². The second-order valence-corrected chi connectivity index (χ2v) is 11.4. The van der Waals surface area contributed by atoms with Crippen LogP contribution in [0.2, 0.25) is 0 Å². The Hall–Kier alpha value is -2.96. The molecule has 9 nitrogen and oxygen atoms in total. The van der Waals surface area contributed by atoms with E-state index in [1.54, 1.807) is 12.1 Å². The number of aryl methyl sites for hydroxylation is 2. The van der Waals surface area contributed by atoms with E-state index < -0.39 is 20.1 Å². The molecule has 3 rings (SSSR count). The maximum Gasteiger partial charge on any atom is 0.339 e. The zero-order valence-corrected chi connectivity index (χ0v) is 21.8. The van der Waals surface area contributed by atoms with Crippen molar-refractivity contribution in [2.75, 3.05) is 19.8 Å². The van der Waals surface area contributed by atoms with Crippen molar-refractivity contribution >= 4 is 20.1 Å². The highest BCUT2D eigenvalue weighted by Crippen LogP contribution is 2.31. The highest BCUT2D eigenvalue weighted by molar-refractivity contribution is 7.89. The molecule has 36 heavy (non-hydrogen) atoms. The molecular formula is C25H30N2O7S2. The molecule has 0 fully saturated rings. The van der Waals surface area contributed by atoms with Gasteiger partial charge in [0.05, 0.1) is 18.1 Å². The number of benzene rings is 3. The summed E-state index contributed by atoms with van der Waals surface area (Å²) in [6.45, 7) is 4.46. The first kappa shape index (κ1) is 27.6. The van der Waals surface area contributed by atoms with Crippen LogP contribution in [0.15, 0.2) is 76.5 Å². The third-order valence-electron chi connectivity index (χ3n) is 5.31. The summed E-state index contributed by atoms with van der Waals surface area (Å²) in [5.41, 5.74) is 2.93. The van der Waals surface area contributed by atoms with Crippen molar-refractivity contribution in [1.29, 1.82) is 0 Å². The van der Waals surface area contributed by atoms with Crippen molar-refractivity contribution < 1.29 is 30.6 Å². The van der Waals surface area contributed by atoms with E-state index in [1.165, 1.54) is 24.3 Å². The normalized spacial score (nSPS) is 11.9. The SMILES string of the molecule is Cc1ccc(OS(=O)(=O)c2cccc(S(=O)(=O)NCCc3ccccc3C)c2)c(OCCCON)c1. The fraction of sp³-hybridized carbons (Fsp3) is 0.280. The first-order valence-electron chi connectivity index (χ1n) is 11.3. The maximum atomic E-state index is 13.0. The first-order valence-corrected chi connectivity index (χ1v) is 14.2. The van der Waals surface area contributed by atoms with Crippen molar-refractivity contribution in [3.8, 4) is 11.5 Å². The molecule has 0 saturated heterocycles. The molecule has 11 heteroatoms. The third kappa shape index (κ3) is 7.52. The molecule has 0 spiro atoms. The number of nitrogens with two attached hydrogens (primary N) is 1. The number of rotatable bonds is 13. The Morgan fingerprint density at radius 1 is 0.833 bits per heavy atom. The van der Waals surface area contributed by atoms with Crippen LogP contribution in [0.4, 0.5) is 0 Å². The summed E-state index contributed by atoms with van der Waals surface area (Å²) in [5.74, 6) is 5.22. The Bertz CT molecular complexity index is 1390. The Morgan fingerprint density at radius 3 is 2.33 bits per heavy atom. The lowest BCUT2D eigenvalue weighted by Crippen LogP contribution is -2.26. The Kier molecular flexibility index (Phi) is 9.46. The topological polar surface area (TPSA) is 134 Å². The van der Waals surface area contributed by atoms with Gasteiger partial charge < -0.3 is 13.8 Å². The summed E-state index contributed by atoms with van der Waals surface area (Å²) in [4.78, 5) is 4.02. The lowest BCUT2D eigenvalue weighted by Gasteiger charge is -2.14. The maximum absolute atomic E-state index is 13.0. The van der Waals surface area contributed by atoms with Gasteiger partial charge in [-0.25, -0.2) is 19.0 Å². The third-order valence-corrected chi connectivity index (χ3v) is 8.00. The molecule has 3 aromatic rings. The van der Waals surface area contributed by atoms with Gasteiger partial charge in [0.15, 0.2) is 11.5 Å². The minimum atomic E-state index is -4.35. The summed E-state index contributed by atoms with van der Waals surface area (Å²) >= 11 is 0. The number of ether oxygens (including phenoxy) is 1. The molecule has 0 aliphatic carbocycles. The predicted molar refractivity (Wildman–Crippen MR) is 136 cm³/mol. The van der Waals surface area contributed by atoms with Crippen molar-refractivity contribution in [2.45, 2.75) is 36.5 Å². The number of sulfonamides is 1. The summed E-state index contributed by atoms with van der Waals surface area (Å²) in [7, 11) is -8.30. The number of hydrogen-bond acceptors (Lipinski definition) is 8. The molecule has 0 amide bonds. The molecular weight excluding hydrogens is 504 g/mol. The molecule has 0 bridgehead atoms. The largest absolute Gasteiger partial charge is 0.490 e. The Balaban J connectivity index is 1.75. The minimum absolute atomic E-state index is 0.0149. The van der Waals surface area contributed by atoms with E-state index in [0.717, 1.165) is 22.8 Å². The van der Waals surface area contributed by atoms with Crippen LogP contribution in [0.5, 0.6) is 11.5 Å². The van der Waals surface area contributed by atoms with Crippen molar-refractivity contribution in [3.63, 3.8) is 0 Å². The van der Waals surface area contributed by atoms with Gasteiger partial charge in [0.25, 0.3) is 0 Å². The van der Waals surface area contributed by atoms with Gasteiger partial charge in [-0.15, -0.1) is 0 Å². The fourth-order valence-electron chi connectivity index (χ4n) is 3.38. The molecule has 0 radical (unpaired) electrons. The molecule has 0 aliphatic rings. The van der Waals surface area contributed by atoms with Gasteiger partial charge in [0, 0.05) is 13.0 Å². The van der Waals surface area contributed by atoms with Gasteiger partial charge in [-0.3, -0.25) is 0 Å². The lowest BCUT2D eigenvalue weighted by atomic mass is 10.1. The molecule has 0 unspecified atom stereocenters. The van der Waals surface area contributed by atoms with Crippen LogP contribution in [0, 0.1) is 13.8 Å². The van der Waals surface area contributed by atoms with E-state index >= 15 is 0 Å². The predicted octanol–water partition coefficient (Wildman–Crippen LogP) is 3.25. The van der Waals surface area contributed by atoms with Gasteiger partial charge >= 0.3 is 10.1 Å². The molecule has 3 aromatic carbocycles. The van der Waals surface area contributed by atoms with Crippen LogP contribution in [-0.2, 0) is 31.4 Å². The van der Waals surface area contributed by atoms with Gasteiger partial charge in [-0.2, -0.15) is 8.42 Å². The molecule has 0 atom stereocenters. The molecule has 3 N–H and O–H groups in total. The molecule has 0 saturated carbocycles. The summed E-state index contributed by atoms with van der Waals surface area (Å²) < 4.78 is 65.1. The highest BCUT2D eigenvalue weighted by Gasteiger charge is 2.23. The Morgan fingerprint density at radius 2 is 1.58 bits per heavy atom. The van der Waals surface area contributed by atoms with E-state index in [1.807, 2.05) is 38.1 Å². The highest BCUT2D eigenvalue weighted by atomic mass is 32.2. The van der Waals surface area contributed by atoms with E-state index in [4.69, 9.17) is 14.8 Å². The van der Waals surface area contributed by atoms with Gasteiger partial charge in [-0.05, 0) is 67.3 Å². The first-order chi connectivity index (χ1) is 17.1. The van der Waals surface area contributed by atoms with E-state index in [2.05, 4.69) is 9.56 Å². The van der Waals surface area contributed by atoms with Crippen LogP contribution < -0.4 is 19.5 Å². The smallest absolute Gasteiger partial charge is 0.339 e. The summed E-state index contributed by atoms with van der Waals surface area (Å²) in [5, 5.41) is 0. The van der Waals surface area contributed by atoms with Gasteiger partial charge in [0.1, 0.15) is 4.90 Å². The van der Waals surface area contributed by atoms with Gasteiger partial charge in [0.2, 0.25) is 10.0 Å². The molecule has 0 aromatic heterocycles. The van der Waals surface area contributed by atoms with Crippen LogP contribution in [0.3, 0.4) is 0 Å². The molecule has 0 heterocycles. The monoisotopic (exact) mass is 534 g/mol. The van der Waals surface area contributed by atoms with Crippen LogP contribution in [-0.4, -0.2) is 36.6 Å².